The number of methoxy groups -OCH3 is 2. The van der Waals surface area contributed by atoms with Crippen LogP contribution in [0.2, 0.25) is 0 Å². The number of amides is 2. The lowest BCUT2D eigenvalue weighted by Gasteiger charge is -2.31. The van der Waals surface area contributed by atoms with E-state index in [1.165, 1.54) is 36.5 Å². The zero-order chi connectivity index (χ0) is 24.2. The second-order valence-corrected chi connectivity index (χ2v) is 8.82. The van der Waals surface area contributed by atoms with Crippen molar-refractivity contribution in [2.75, 3.05) is 44.6 Å². The summed E-state index contributed by atoms with van der Waals surface area (Å²) >= 11 is 1.23. The number of hydrogen-bond acceptors (Lipinski definition) is 9. The molecule has 12 heteroatoms. The molecule has 1 saturated heterocycles. The summed E-state index contributed by atoms with van der Waals surface area (Å²) < 4.78 is 12.1. The Morgan fingerprint density at radius 3 is 2.82 bits per heavy atom. The van der Waals surface area contributed by atoms with Crippen LogP contribution in [-0.4, -0.2) is 60.7 Å². The monoisotopic (exact) mass is 486 g/mol. The van der Waals surface area contributed by atoms with Gasteiger partial charge >= 0.3 is 0 Å². The van der Waals surface area contributed by atoms with Gasteiger partial charge in [-0.3, -0.25) is 19.0 Å². The molecule has 1 aromatic carbocycles. The fourth-order valence-corrected chi connectivity index (χ4v) is 4.91. The predicted molar refractivity (Wildman–Crippen MR) is 129 cm³/mol. The van der Waals surface area contributed by atoms with E-state index in [-0.39, 0.29) is 23.9 Å². The minimum Gasteiger partial charge on any atom is -0.497 e. The van der Waals surface area contributed by atoms with Crippen LogP contribution >= 0.6 is 11.3 Å². The Balaban J connectivity index is 1.52. The number of piperidine rings is 1. The summed E-state index contributed by atoms with van der Waals surface area (Å²) in [5, 5.41) is 6.10. The summed E-state index contributed by atoms with van der Waals surface area (Å²) in [7, 11) is 4.66. The van der Waals surface area contributed by atoms with Crippen LogP contribution in [0.4, 0.5) is 10.8 Å². The Bertz CT molecular complexity index is 1270. The fourth-order valence-electron chi connectivity index (χ4n) is 3.91. The van der Waals surface area contributed by atoms with Crippen molar-refractivity contribution in [3.05, 3.63) is 34.9 Å². The van der Waals surface area contributed by atoms with Crippen molar-refractivity contribution in [1.82, 2.24) is 19.9 Å². The molecular weight excluding hydrogens is 460 g/mol. The molecule has 2 amide bonds. The van der Waals surface area contributed by atoms with E-state index in [4.69, 9.17) is 9.47 Å². The highest BCUT2D eigenvalue weighted by atomic mass is 32.1. The van der Waals surface area contributed by atoms with Gasteiger partial charge < -0.3 is 25.0 Å². The first-order chi connectivity index (χ1) is 16.4. The first-order valence-electron chi connectivity index (χ1n) is 10.8. The first kappa shape index (κ1) is 23.5. The normalized spacial score (nSPS) is 15.7. The van der Waals surface area contributed by atoms with E-state index in [1.54, 1.807) is 25.2 Å². The van der Waals surface area contributed by atoms with Gasteiger partial charge in [0.05, 0.1) is 25.8 Å². The van der Waals surface area contributed by atoms with Crippen molar-refractivity contribution in [2.24, 2.45) is 5.92 Å². The van der Waals surface area contributed by atoms with Gasteiger partial charge in [0.2, 0.25) is 11.8 Å². The number of aromatic nitrogens is 3. The molecule has 3 heterocycles. The summed E-state index contributed by atoms with van der Waals surface area (Å²) in [6.45, 7) is 1.07. The third kappa shape index (κ3) is 4.81. The van der Waals surface area contributed by atoms with E-state index in [0.29, 0.717) is 39.2 Å². The lowest BCUT2D eigenvalue weighted by molar-refractivity contribution is -0.124. The Kier molecular flexibility index (Phi) is 6.96. The molecule has 34 heavy (non-hydrogen) atoms. The molecule has 0 unspecified atom stereocenters. The van der Waals surface area contributed by atoms with Crippen LogP contribution < -0.4 is 30.6 Å². The van der Waals surface area contributed by atoms with Crippen LogP contribution in [0.5, 0.6) is 11.5 Å². The maximum absolute atomic E-state index is 13.0. The van der Waals surface area contributed by atoms with E-state index in [0.717, 1.165) is 19.4 Å². The smallest absolute Gasteiger partial charge is 0.273 e. The maximum Gasteiger partial charge on any atom is 0.273 e. The number of benzene rings is 1. The van der Waals surface area contributed by atoms with E-state index < -0.39 is 5.91 Å². The van der Waals surface area contributed by atoms with Crippen molar-refractivity contribution in [3.63, 3.8) is 0 Å². The summed E-state index contributed by atoms with van der Waals surface area (Å²) in [5.41, 5.74) is 0.421. The zero-order valence-corrected chi connectivity index (χ0v) is 20.0. The first-order valence-corrected chi connectivity index (χ1v) is 11.6. The zero-order valence-electron chi connectivity index (χ0n) is 19.2. The number of nitrogens with zero attached hydrogens (tertiary/aromatic N) is 4. The van der Waals surface area contributed by atoms with Gasteiger partial charge in [-0.25, -0.2) is 4.98 Å². The standard InChI is InChI=1S/C22H26N6O5S/c1-23-20(30)13-5-4-8-27(10-13)22-26-19-18(34-22)21(31)28(12-24-19)11-17(29)25-15-9-14(32-2)6-7-16(15)33-3/h6-7,9,12-13H,4-5,8,10-11H2,1-3H3,(H,23,30)(H,25,29)/t13-/m1/s1. The second kappa shape index (κ2) is 10.1. The SMILES string of the molecule is CNC(=O)[C@@H]1CCCN(c2nc3ncn(CC(=O)Nc4cc(OC)ccc4OC)c(=O)c3s2)C1. The van der Waals surface area contributed by atoms with Gasteiger partial charge in [-0.2, -0.15) is 4.98 Å². The molecule has 4 rings (SSSR count). The number of thiazole rings is 1. The van der Waals surface area contributed by atoms with E-state index in [1.807, 2.05) is 4.90 Å². The fraction of sp³-hybridized carbons (Fsp3) is 0.409. The molecule has 2 aromatic heterocycles. The van der Waals surface area contributed by atoms with Crippen molar-refractivity contribution >= 4 is 44.3 Å². The number of carbonyl (C=O) groups excluding carboxylic acids is 2. The molecule has 1 aliphatic heterocycles. The number of nitrogens with one attached hydrogen (secondary N) is 2. The molecule has 11 nitrogen and oxygen atoms in total. The summed E-state index contributed by atoms with van der Waals surface area (Å²) in [5.74, 6) is 0.505. The van der Waals surface area contributed by atoms with Crippen molar-refractivity contribution in [2.45, 2.75) is 19.4 Å². The lowest BCUT2D eigenvalue weighted by atomic mass is 9.98. The van der Waals surface area contributed by atoms with Crippen LogP contribution in [0.3, 0.4) is 0 Å². The van der Waals surface area contributed by atoms with Crippen LogP contribution in [0, 0.1) is 5.92 Å². The number of anilines is 2. The van der Waals surface area contributed by atoms with Crippen LogP contribution in [0.1, 0.15) is 12.8 Å². The Labute approximate surface area is 199 Å². The van der Waals surface area contributed by atoms with Crippen molar-refractivity contribution < 1.29 is 19.1 Å². The molecular formula is C22H26N6O5S. The second-order valence-electron chi connectivity index (χ2n) is 7.84. The topological polar surface area (TPSA) is 128 Å². The molecule has 1 aliphatic rings. The molecule has 0 saturated carbocycles. The van der Waals surface area contributed by atoms with Gasteiger partial charge in [0.15, 0.2) is 10.8 Å². The highest BCUT2D eigenvalue weighted by molar-refractivity contribution is 7.22. The minimum atomic E-state index is -0.413. The Hall–Kier alpha value is -3.67. The van der Waals surface area contributed by atoms with Gasteiger partial charge in [-0.05, 0) is 25.0 Å². The average molecular weight is 487 g/mol. The predicted octanol–water partition coefficient (Wildman–Crippen LogP) is 1.47. The highest BCUT2D eigenvalue weighted by Gasteiger charge is 2.27. The molecule has 0 aliphatic carbocycles. The molecule has 0 spiro atoms. The number of rotatable bonds is 7. The Morgan fingerprint density at radius 1 is 1.26 bits per heavy atom. The van der Waals surface area contributed by atoms with Crippen LogP contribution in [0.15, 0.2) is 29.3 Å². The van der Waals surface area contributed by atoms with Gasteiger partial charge in [-0.15, -0.1) is 0 Å². The molecule has 1 atom stereocenters. The lowest BCUT2D eigenvalue weighted by Crippen LogP contribution is -2.42. The number of fused-ring (bicyclic) bond motifs is 1. The molecule has 1 fully saturated rings. The largest absolute Gasteiger partial charge is 0.497 e. The Morgan fingerprint density at radius 2 is 2.09 bits per heavy atom. The van der Waals surface area contributed by atoms with Gasteiger partial charge in [0.25, 0.3) is 5.56 Å². The molecule has 0 bridgehead atoms. The summed E-state index contributed by atoms with van der Waals surface area (Å²) in [4.78, 5) is 48.6. The number of carbonyl (C=O) groups is 2. The van der Waals surface area contributed by atoms with Gasteiger partial charge in [0, 0.05) is 26.2 Å². The molecule has 3 aromatic rings. The quantitative estimate of drug-likeness (QED) is 0.514. The molecule has 180 valence electrons. The van der Waals surface area contributed by atoms with Gasteiger partial charge in [-0.1, -0.05) is 11.3 Å². The minimum absolute atomic E-state index is 0.00460. The average Bonchev–Trinajstić information content (AvgIpc) is 3.30. The third-order valence-corrected chi connectivity index (χ3v) is 6.77. The maximum atomic E-state index is 13.0. The van der Waals surface area contributed by atoms with Crippen molar-refractivity contribution in [3.8, 4) is 11.5 Å². The molecule has 0 radical (unpaired) electrons. The summed E-state index contributed by atoms with van der Waals surface area (Å²) in [6, 6.07) is 5.04. The van der Waals surface area contributed by atoms with Crippen LogP contribution in [-0.2, 0) is 16.1 Å². The number of hydrogen-bond donors (Lipinski definition) is 2. The number of ether oxygens (including phenoxy) is 2. The van der Waals surface area contributed by atoms with E-state index in [2.05, 4.69) is 20.6 Å². The third-order valence-electron chi connectivity index (χ3n) is 5.68. The van der Waals surface area contributed by atoms with Gasteiger partial charge in [0.1, 0.15) is 29.1 Å². The van der Waals surface area contributed by atoms with E-state index >= 15 is 0 Å². The highest BCUT2D eigenvalue weighted by Crippen LogP contribution is 2.30. The van der Waals surface area contributed by atoms with Crippen molar-refractivity contribution in [1.29, 1.82) is 0 Å². The molecule has 2 N–H and O–H groups in total. The van der Waals surface area contributed by atoms with E-state index in [9.17, 15) is 14.4 Å². The van der Waals surface area contributed by atoms with Crippen LogP contribution in [0.25, 0.3) is 10.3 Å². The summed E-state index contributed by atoms with van der Waals surface area (Å²) in [6.07, 6.45) is 3.00.